The predicted molar refractivity (Wildman–Crippen MR) is 106 cm³/mol. The lowest BCUT2D eigenvalue weighted by Crippen LogP contribution is -2.29. The Bertz CT molecular complexity index is 1030. The van der Waals surface area contributed by atoms with Crippen molar-refractivity contribution in [1.29, 1.82) is 0 Å². The Morgan fingerprint density at radius 3 is 2.64 bits per heavy atom. The Hall–Kier alpha value is -2.70. The number of carbonyl (C=O) groups is 1. The second-order valence-electron chi connectivity index (χ2n) is 8.22. The number of likely N-dealkylation sites (tertiary alicyclic amines) is 1. The van der Waals surface area contributed by atoms with E-state index in [-0.39, 0.29) is 11.9 Å². The second kappa shape index (κ2) is 6.72. The summed E-state index contributed by atoms with van der Waals surface area (Å²) in [5, 5.41) is 4.59. The summed E-state index contributed by atoms with van der Waals surface area (Å²) < 4.78 is 4.25. The number of aryl methyl sites for hydroxylation is 2. The molecule has 2 fully saturated rings. The average molecular weight is 378 g/mol. The fourth-order valence-electron chi connectivity index (χ4n) is 4.81. The molecule has 1 saturated carbocycles. The van der Waals surface area contributed by atoms with Crippen LogP contribution in [0.2, 0.25) is 0 Å². The van der Waals surface area contributed by atoms with E-state index in [0.29, 0.717) is 18.2 Å². The summed E-state index contributed by atoms with van der Waals surface area (Å²) in [6, 6.07) is 4.73. The van der Waals surface area contributed by atoms with Gasteiger partial charge in [-0.1, -0.05) is 12.8 Å². The average Bonchev–Trinajstić information content (AvgIpc) is 3.47. The molecule has 7 heteroatoms. The smallest absolute Gasteiger partial charge is 0.255 e. The molecular weight excluding hydrogens is 352 g/mol. The molecule has 5 rings (SSSR count). The maximum absolute atomic E-state index is 13.0. The molecule has 4 heterocycles. The maximum atomic E-state index is 13.0. The molecule has 1 amide bonds. The minimum Gasteiger partial charge on any atom is -0.336 e. The molecule has 0 radical (unpaired) electrons. The van der Waals surface area contributed by atoms with Gasteiger partial charge in [0, 0.05) is 31.0 Å². The molecule has 0 bridgehead atoms. The van der Waals surface area contributed by atoms with E-state index in [1.807, 2.05) is 24.2 Å². The summed E-state index contributed by atoms with van der Waals surface area (Å²) in [5.74, 6) is 0.0360. The van der Waals surface area contributed by atoms with Gasteiger partial charge in [-0.25, -0.2) is 9.97 Å². The first kappa shape index (κ1) is 17.4. The summed E-state index contributed by atoms with van der Waals surface area (Å²) in [6.45, 7) is 5.52. The fourth-order valence-corrected chi connectivity index (χ4v) is 4.81. The first-order valence-electron chi connectivity index (χ1n) is 10.2. The van der Waals surface area contributed by atoms with E-state index in [4.69, 9.17) is 0 Å². The van der Waals surface area contributed by atoms with E-state index in [1.54, 1.807) is 6.20 Å². The highest BCUT2D eigenvalue weighted by molar-refractivity contribution is 5.96. The van der Waals surface area contributed by atoms with Crippen LogP contribution in [0.3, 0.4) is 0 Å². The molecule has 1 atom stereocenters. The molecule has 1 aliphatic carbocycles. The number of pyridine rings is 1. The normalized spacial score (nSPS) is 20.5. The van der Waals surface area contributed by atoms with Crippen molar-refractivity contribution in [3.05, 3.63) is 41.6 Å². The van der Waals surface area contributed by atoms with Gasteiger partial charge in [-0.15, -0.1) is 0 Å². The number of aromatic nitrogens is 5. The van der Waals surface area contributed by atoms with Crippen LogP contribution in [0.4, 0.5) is 0 Å². The molecule has 1 aliphatic heterocycles. The lowest BCUT2D eigenvalue weighted by molar-refractivity contribution is 0.0786. The molecule has 1 saturated heterocycles. The quantitative estimate of drug-likeness (QED) is 0.700. The molecule has 2 aliphatic rings. The molecule has 0 aromatic carbocycles. The SMILES string of the molecule is Cc1cc(C)n(C2CCN(C(=O)c3cnc4c(c3)ncn4C3CCCC3)C2)n1. The summed E-state index contributed by atoms with van der Waals surface area (Å²) in [4.78, 5) is 24.1. The van der Waals surface area contributed by atoms with Gasteiger partial charge in [-0.2, -0.15) is 5.10 Å². The van der Waals surface area contributed by atoms with E-state index in [0.717, 1.165) is 35.5 Å². The molecule has 28 heavy (non-hydrogen) atoms. The topological polar surface area (TPSA) is 68.8 Å². The van der Waals surface area contributed by atoms with Crippen LogP contribution in [0.15, 0.2) is 24.7 Å². The highest BCUT2D eigenvalue weighted by Crippen LogP contribution is 2.31. The zero-order valence-corrected chi connectivity index (χ0v) is 16.5. The number of rotatable bonds is 3. The van der Waals surface area contributed by atoms with E-state index < -0.39 is 0 Å². The molecular formula is C21H26N6O. The van der Waals surface area contributed by atoms with Crippen molar-refractivity contribution in [2.24, 2.45) is 0 Å². The van der Waals surface area contributed by atoms with Crippen LogP contribution in [0.25, 0.3) is 11.2 Å². The number of hydrogen-bond donors (Lipinski definition) is 0. The van der Waals surface area contributed by atoms with E-state index >= 15 is 0 Å². The minimum absolute atomic E-state index is 0.0360. The Morgan fingerprint density at radius 2 is 1.89 bits per heavy atom. The Kier molecular flexibility index (Phi) is 4.18. The van der Waals surface area contributed by atoms with Crippen molar-refractivity contribution in [3.8, 4) is 0 Å². The van der Waals surface area contributed by atoms with Crippen LogP contribution in [-0.2, 0) is 0 Å². The molecule has 1 unspecified atom stereocenters. The van der Waals surface area contributed by atoms with Crippen molar-refractivity contribution < 1.29 is 4.79 Å². The van der Waals surface area contributed by atoms with E-state index in [1.165, 1.54) is 25.7 Å². The van der Waals surface area contributed by atoms with Gasteiger partial charge in [-0.3, -0.25) is 9.48 Å². The van der Waals surface area contributed by atoms with Gasteiger partial charge in [-0.05, 0) is 45.2 Å². The maximum Gasteiger partial charge on any atom is 0.255 e. The highest BCUT2D eigenvalue weighted by atomic mass is 16.2. The lowest BCUT2D eigenvalue weighted by Gasteiger charge is -2.17. The van der Waals surface area contributed by atoms with Crippen LogP contribution in [0, 0.1) is 13.8 Å². The lowest BCUT2D eigenvalue weighted by atomic mass is 10.2. The van der Waals surface area contributed by atoms with Gasteiger partial charge in [0.05, 0.1) is 23.6 Å². The van der Waals surface area contributed by atoms with Gasteiger partial charge in [0.25, 0.3) is 5.91 Å². The summed E-state index contributed by atoms with van der Waals surface area (Å²) in [7, 11) is 0. The van der Waals surface area contributed by atoms with Crippen LogP contribution in [-0.4, -0.2) is 48.2 Å². The van der Waals surface area contributed by atoms with Crippen LogP contribution in [0.5, 0.6) is 0 Å². The van der Waals surface area contributed by atoms with Gasteiger partial charge in [0.2, 0.25) is 0 Å². The molecule has 7 nitrogen and oxygen atoms in total. The number of imidazole rings is 1. The van der Waals surface area contributed by atoms with Crippen molar-refractivity contribution in [1.82, 2.24) is 29.2 Å². The van der Waals surface area contributed by atoms with Gasteiger partial charge >= 0.3 is 0 Å². The number of fused-ring (bicyclic) bond motifs is 1. The number of hydrogen-bond acceptors (Lipinski definition) is 4. The first-order valence-corrected chi connectivity index (χ1v) is 10.2. The zero-order chi connectivity index (χ0) is 19.3. The summed E-state index contributed by atoms with van der Waals surface area (Å²) in [6.07, 6.45) is 9.45. The monoisotopic (exact) mass is 378 g/mol. The number of nitrogens with zero attached hydrogens (tertiary/aromatic N) is 6. The van der Waals surface area contributed by atoms with E-state index in [2.05, 4.69) is 37.3 Å². The Morgan fingerprint density at radius 1 is 1.07 bits per heavy atom. The van der Waals surface area contributed by atoms with Crippen molar-refractivity contribution in [3.63, 3.8) is 0 Å². The Labute approximate surface area is 164 Å². The zero-order valence-electron chi connectivity index (χ0n) is 16.5. The van der Waals surface area contributed by atoms with Crippen LogP contribution < -0.4 is 0 Å². The Balaban J connectivity index is 1.35. The number of amides is 1. The predicted octanol–water partition coefficient (Wildman–Crippen LogP) is 3.45. The van der Waals surface area contributed by atoms with Crippen LogP contribution >= 0.6 is 0 Å². The minimum atomic E-state index is 0.0360. The van der Waals surface area contributed by atoms with Gasteiger partial charge in [0.1, 0.15) is 5.52 Å². The second-order valence-corrected chi connectivity index (χ2v) is 8.22. The molecule has 3 aromatic heterocycles. The van der Waals surface area contributed by atoms with Gasteiger partial charge < -0.3 is 9.47 Å². The van der Waals surface area contributed by atoms with E-state index in [9.17, 15) is 4.79 Å². The standard InChI is InChI=1S/C21H26N6O/c1-14-9-15(2)27(24-14)18-7-8-25(12-18)21(28)16-10-19-20(22-11-16)26(13-23-19)17-5-3-4-6-17/h9-11,13,17-18H,3-8,12H2,1-2H3. The highest BCUT2D eigenvalue weighted by Gasteiger charge is 2.30. The molecule has 0 spiro atoms. The largest absolute Gasteiger partial charge is 0.336 e. The number of carbonyl (C=O) groups excluding carboxylic acids is 1. The van der Waals surface area contributed by atoms with Gasteiger partial charge in [0.15, 0.2) is 5.65 Å². The first-order chi connectivity index (χ1) is 13.6. The molecule has 0 N–H and O–H groups in total. The fraction of sp³-hybridized carbons (Fsp3) is 0.524. The third-order valence-corrected chi connectivity index (χ3v) is 6.22. The van der Waals surface area contributed by atoms with Crippen LogP contribution in [0.1, 0.15) is 65.9 Å². The van der Waals surface area contributed by atoms with Crippen molar-refractivity contribution >= 4 is 17.1 Å². The van der Waals surface area contributed by atoms with Crippen molar-refractivity contribution in [2.45, 2.75) is 58.0 Å². The third kappa shape index (κ3) is 2.89. The third-order valence-electron chi connectivity index (χ3n) is 6.22. The molecule has 3 aromatic rings. The van der Waals surface area contributed by atoms with Crippen molar-refractivity contribution in [2.75, 3.05) is 13.1 Å². The summed E-state index contributed by atoms with van der Waals surface area (Å²) >= 11 is 0. The molecule has 146 valence electrons. The summed E-state index contributed by atoms with van der Waals surface area (Å²) in [5.41, 5.74) is 4.50.